The molecule has 1 amide bonds. The number of carbonyl (C=O) groups is 1. The van der Waals surface area contributed by atoms with Gasteiger partial charge in [0.25, 0.3) is 5.91 Å². The molecule has 0 saturated carbocycles. The molecule has 11 heteroatoms. The SMILES string of the molecule is COc1ccc(NC(=S)NC(NC(=O)COc2ccc(OC)cc2)C(Cl)(Cl)Cl)cc1. The van der Waals surface area contributed by atoms with E-state index in [0.29, 0.717) is 22.9 Å². The number of thiocarbonyl (C=S) groups is 1. The number of carbonyl (C=O) groups excluding carboxylic acids is 1. The summed E-state index contributed by atoms with van der Waals surface area (Å²) in [6.07, 6.45) is -1.10. The second-order valence-electron chi connectivity index (χ2n) is 5.83. The monoisotopic (exact) mass is 491 g/mol. The number of benzene rings is 2. The van der Waals surface area contributed by atoms with E-state index in [-0.39, 0.29) is 11.7 Å². The number of amides is 1. The van der Waals surface area contributed by atoms with Gasteiger partial charge in [-0.25, -0.2) is 0 Å². The Morgan fingerprint density at radius 2 is 1.43 bits per heavy atom. The van der Waals surface area contributed by atoms with Crippen LogP contribution in [0.15, 0.2) is 48.5 Å². The summed E-state index contributed by atoms with van der Waals surface area (Å²) in [5, 5.41) is 8.39. The first-order chi connectivity index (χ1) is 14.2. The lowest BCUT2D eigenvalue weighted by Gasteiger charge is -2.27. The van der Waals surface area contributed by atoms with Crippen molar-refractivity contribution >= 4 is 63.7 Å². The predicted octanol–water partition coefficient (Wildman–Crippen LogP) is 3.88. The van der Waals surface area contributed by atoms with Crippen LogP contribution in [0, 0.1) is 0 Å². The van der Waals surface area contributed by atoms with Gasteiger partial charge in [0, 0.05) is 5.69 Å². The molecule has 0 spiro atoms. The van der Waals surface area contributed by atoms with Crippen LogP contribution in [0.1, 0.15) is 0 Å². The molecule has 0 aliphatic carbocycles. The van der Waals surface area contributed by atoms with Gasteiger partial charge < -0.3 is 30.2 Å². The van der Waals surface area contributed by atoms with Gasteiger partial charge in [0.2, 0.25) is 3.79 Å². The third-order valence-electron chi connectivity index (χ3n) is 3.69. The van der Waals surface area contributed by atoms with Crippen LogP contribution >= 0.6 is 47.0 Å². The maximum absolute atomic E-state index is 12.3. The van der Waals surface area contributed by atoms with Crippen molar-refractivity contribution in [2.24, 2.45) is 0 Å². The van der Waals surface area contributed by atoms with Crippen LogP contribution in [-0.4, -0.2) is 41.8 Å². The molecule has 0 saturated heterocycles. The summed E-state index contributed by atoms with van der Waals surface area (Å²) in [6.45, 7) is -0.288. The molecule has 0 fully saturated rings. The number of ether oxygens (including phenoxy) is 3. The zero-order valence-corrected chi connectivity index (χ0v) is 19.2. The Morgan fingerprint density at radius 3 is 1.93 bits per heavy atom. The van der Waals surface area contributed by atoms with Gasteiger partial charge in [-0.2, -0.15) is 0 Å². The Labute approximate surface area is 194 Å². The Balaban J connectivity index is 1.90. The molecule has 0 aliphatic heterocycles. The fourth-order valence-electron chi connectivity index (χ4n) is 2.20. The molecule has 7 nitrogen and oxygen atoms in total. The van der Waals surface area contributed by atoms with E-state index < -0.39 is 15.9 Å². The van der Waals surface area contributed by atoms with Crippen molar-refractivity contribution in [3.05, 3.63) is 48.5 Å². The van der Waals surface area contributed by atoms with Gasteiger partial charge in [0.05, 0.1) is 14.2 Å². The van der Waals surface area contributed by atoms with Gasteiger partial charge in [-0.3, -0.25) is 4.79 Å². The van der Waals surface area contributed by atoms with Crippen molar-refractivity contribution in [1.82, 2.24) is 10.6 Å². The summed E-state index contributed by atoms with van der Waals surface area (Å²) in [5.41, 5.74) is 0.686. The lowest BCUT2D eigenvalue weighted by atomic mass is 10.3. The highest BCUT2D eigenvalue weighted by molar-refractivity contribution is 7.80. The molecule has 2 aromatic carbocycles. The molecule has 0 aromatic heterocycles. The minimum absolute atomic E-state index is 0.146. The molecule has 2 aromatic rings. The van der Waals surface area contributed by atoms with E-state index in [2.05, 4.69) is 16.0 Å². The molecule has 1 unspecified atom stereocenters. The standard InChI is InChI=1S/C19H20Cl3N3O4S/c1-27-13-5-3-12(4-6-13)23-18(30)25-17(19(20,21)22)24-16(26)11-29-15-9-7-14(28-2)8-10-15/h3-10,17H,11H2,1-2H3,(H,24,26)(H2,23,25,30). The van der Waals surface area contributed by atoms with Crippen molar-refractivity contribution in [3.8, 4) is 17.2 Å². The summed E-state index contributed by atoms with van der Waals surface area (Å²) in [5.74, 6) is 1.34. The van der Waals surface area contributed by atoms with Crippen LogP contribution < -0.4 is 30.2 Å². The van der Waals surface area contributed by atoms with Crippen LogP contribution in [0.2, 0.25) is 0 Å². The molecule has 0 radical (unpaired) electrons. The van der Waals surface area contributed by atoms with Gasteiger partial charge in [-0.1, -0.05) is 34.8 Å². The molecule has 0 aliphatic rings. The van der Waals surface area contributed by atoms with Crippen molar-refractivity contribution < 1.29 is 19.0 Å². The van der Waals surface area contributed by atoms with Gasteiger partial charge in [-0.15, -0.1) is 0 Å². The average molecular weight is 493 g/mol. The zero-order valence-electron chi connectivity index (χ0n) is 16.1. The first-order valence-electron chi connectivity index (χ1n) is 8.56. The molecule has 1 atom stereocenters. The number of hydrogen-bond acceptors (Lipinski definition) is 5. The van der Waals surface area contributed by atoms with Crippen molar-refractivity contribution in [2.75, 3.05) is 26.1 Å². The Hall–Kier alpha value is -2.13. The van der Waals surface area contributed by atoms with E-state index in [0.717, 1.165) is 0 Å². The van der Waals surface area contributed by atoms with E-state index in [4.69, 9.17) is 61.2 Å². The third kappa shape index (κ3) is 7.95. The maximum atomic E-state index is 12.3. The number of nitrogens with one attached hydrogen (secondary N) is 3. The van der Waals surface area contributed by atoms with Gasteiger partial charge >= 0.3 is 0 Å². The number of methoxy groups -OCH3 is 2. The van der Waals surface area contributed by atoms with Crippen LogP contribution in [0.25, 0.3) is 0 Å². The summed E-state index contributed by atoms with van der Waals surface area (Å²) >= 11 is 23.2. The van der Waals surface area contributed by atoms with Crippen LogP contribution in [0.4, 0.5) is 5.69 Å². The minimum atomic E-state index is -1.87. The fraction of sp³-hybridized carbons (Fsp3) is 0.263. The number of alkyl halides is 3. The Morgan fingerprint density at radius 1 is 0.933 bits per heavy atom. The third-order valence-corrected chi connectivity index (χ3v) is 4.56. The van der Waals surface area contributed by atoms with E-state index in [1.807, 2.05) is 0 Å². The van der Waals surface area contributed by atoms with Crippen molar-refractivity contribution in [2.45, 2.75) is 9.96 Å². The number of halogens is 3. The summed E-state index contributed by atoms with van der Waals surface area (Å²) in [4.78, 5) is 12.3. The lowest BCUT2D eigenvalue weighted by molar-refractivity contribution is -0.123. The Bertz CT molecular complexity index is 846. The van der Waals surface area contributed by atoms with E-state index in [1.165, 1.54) is 0 Å². The molecule has 2 rings (SSSR count). The zero-order chi connectivity index (χ0) is 22.1. The topological polar surface area (TPSA) is 80.9 Å². The van der Waals surface area contributed by atoms with Gasteiger partial charge in [-0.05, 0) is 60.7 Å². The lowest BCUT2D eigenvalue weighted by Crippen LogP contribution is -2.56. The quantitative estimate of drug-likeness (QED) is 0.293. The number of hydrogen-bond donors (Lipinski definition) is 3. The fourth-order valence-corrected chi connectivity index (χ4v) is 2.76. The predicted molar refractivity (Wildman–Crippen MR) is 123 cm³/mol. The summed E-state index contributed by atoms with van der Waals surface area (Å²) < 4.78 is 13.7. The highest BCUT2D eigenvalue weighted by Crippen LogP contribution is 2.29. The summed E-state index contributed by atoms with van der Waals surface area (Å²) in [7, 11) is 3.13. The second-order valence-corrected chi connectivity index (χ2v) is 8.61. The largest absolute Gasteiger partial charge is 0.497 e. The number of anilines is 1. The molecular weight excluding hydrogens is 473 g/mol. The van der Waals surface area contributed by atoms with Crippen LogP contribution in [0.3, 0.4) is 0 Å². The van der Waals surface area contributed by atoms with E-state index in [9.17, 15) is 4.79 Å². The minimum Gasteiger partial charge on any atom is -0.497 e. The van der Waals surface area contributed by atoms with Gasteiger partial charge in [0.1, 0.15) is 23.4 Å². The second kappa shape index (κ2) is 11.3. The molecule has 162 valence electrons. The first kappa shape index (κ1) is 24.1. The van der Waals surface area contributed by atoms with Crippen LogP contribution in [0.5, 0.6) is 17.2 Å². The molecule has 0 bridgehead atoms. The van der Waals surface area contributed by atoms with Crippen molar-refractivity contribution in [3.63, 3.8) is 0 Å². The van der Waals surface area contributed by atoms with E-state index >= 15 is 0 Å². The first-order valence-corrected chi connectivity index (χ1v) is 10.1. The maximum Gasteiger partial charge on any atom is 0.259 e. The van der Waals surface area contributed by atoms with E-state index in [1.54, 1.807) is 62.8 Å². The normalized spacial score (nSPS) is 11.8. The highest BCUT2D eigenvalue weighted by atomic mass is 35.6. The van der Waals surface area contributed by atoms with Crippen LogP contribution in [-0.2, 0) is 4.79 Å². The summed E-state index contributed by atoms with van der Waals surface area (Å²) in [6, 6.07) is 13.8. The van der Waals surface area contributed by atoms with Gasteiger partial charge in [0.15, 0.2) is 11.7 Å². The Kier molecular flexibility index (Phi) is 9.10. The molecular formula is C19H20Cl3N3O4S. The van der Waals surface area contributed by atoms with Crippen molar-refractivity contribution in [1.29, 1.82) is 0 Å². The smallest absolute Gasteiger partial charge is 0.259 e. The molecule has 3 N–H and O–H groups in total. The number of rotatable bonds is 8. The molecule has 30 heavy (non-hydrogen) atoms. The molecule has 0 heterocycles. The highest BCUT2D eigenvalue weighted by Gasteiger charge is 2.34. The average Bonchev–Trinajstić information content (AvgIpc) is 2.72.